The van der Waals surface area contributed by atoms with Crippen LogP contribution in [0.25, 0.3) is 6.08 Å². The smallest absolute Gasteiger partial charge is 0.161 e. The summed E-state index contributed by atoms with van der Waals surface area (Å²) in [5, 5.41) is 9.03. The Morgan fingerprint density at radius 2 is 1.96 bits per heavy atom. The van der Waals surface area contributed by atoms with Crippen molar-refractivity contribution >= 4 is 45.9 Å². The van der Waals surface area contributed by atoms with Crippen LogP contribution >= 0.6 is 34.8 Å². The van der Waals surface area contributed by atoms with Gasteiger partial charge in [0.25, 0.3) is 0 Å². The van der Waals surface area contributed by atoms with E-state index in [9.17, 15) is 0 Å². The summed E-state index contributed by atoms with van der Waals surface area (Å²) in [5.74, 6) is 1.21. The fourth-order valence-corrected chi connectivity index (χ4v) is 2.42. The zero-order valence-corrected chi connectivity index (χ0v) is 15.9. The molecule has 6 heteroatoms. The van der Waals surface area contributed by atoms with Gasteiger partial charge in [0.1, 0.15) is 17.7 Å². The molecule has 0 amide bonds. The fraction of sp³-hybridized carbons (Fsp3) is 0.111. The lowest BCUT2D eigenvalue weighted by atomic mass is 10.1. The van der Waals surface area contributed by atoms with Crippen LogP contribution < -0.4 is 15.2 Å². The van der Waals surface area contributed by atoms with E-state index in [2.05, 4.69) is 22.6 Å². The first kappa shape index (κ1) is 18.2. The van der Waals surface area contributed by atoms with Crippen molar-refractivity contribution in [3.8, 4) is 17.6 Å². The van der Waals surface area contributed by atoms with Gasteiger partial charge in [0.15, 0.2) is 11.5 Å². The standard InChI is InChI=1S/C18H15IN2O2S/c1-22-17-9-13(8-14(10-20)18(21)24)4-7-16(17)23-11-12-2-5-15(19)6-3-12/h2-9H,11H2,1H3,(H2,21,24)/b14-8-. The first-order valence-electron chi connectivity index (χ1n) is 7.00. The van der Waals surface area contributed by atoms with Crippen molar-refractivity contribution < 1.29 is 9.47 Å². The van der Waals surface area contributed by atoms with Crippen molar-refractivity contribution in [2.75, 3.05) is 7.11 Å². The van der Waals surface area contributed by atoms with E-state index in [4.69, 9.17) is 32.7 Å². The van der Waals surface area contributed by atoms with Crippen molar-refractivity contribution in [3.63, 3.8) is 0 Å². The highest BCUT2D eigenvalue weighted by Gasteiger charge is 2.07. The van der Waals surface area contributed by atoms with E-state index < -0.39 is 0 Å². The Hall–Kier alpha value is -2.11. The molecule has 0 heterocycles. The highest BCUT2D eigenvalue weighted by Crippen LogP contribution is 2.29. The minimum absolute atomic E-state index is 0.0653. The SMILES string of the molecule is COc1cc(/C=C(/C#N)C(N)=S)ccc1OCc1ccc(I)cc1. The minimum Gasteiger partial charge on any atom is -0.493 e. The monoisotopic (exact) mass is 450 g/mol. The van der Waals surface area contributed by atoms with Crippen molar-refractivity contribution in [1.82, 2.24) is 0 Å². The fourth-order valence-electron chi connectivity index (χ4n) is 1.96. The van der Waals surface area contributed by atoms with E-state index in [-0.39, 0.29) is 10.6 Å². The molecular weight excluding hydrogens is 435 g/mol. The number of hydrogen-bond donors (Lipinski definition) is 1. The maximum Gasteiger partial charge on any atom is 0.161 e. The van der Waals surface area contributed by atoms with Gasteiger partial charge in [0.05, 0.1) is 12.7 Å². The van der Waals surface area contributed by atoms with Crippen LogP contribution in [0, 0.1) is 14.9 Å². The highest BCUT2D eigenvalue weighted by atomic mass is 127. The van der Waals surface area contributed by atoms with Crippen LogP contribution in [0.5, 0.6) is 11.5 Å². The molecule has 0 radical (unpaired) electrons. The molecule has 2 N–H and O–H groups in total. The third-order valence-electron chi connectivity index (χ3n) is 3.19. The Balaban J connectivity index is 2.18. The van der Waals surface area contributed by atoms with Crippen LogP contribution in [-0.4, -0.2) is 12.1 Å². The molecular formula is C18H15IN2O2S. The Bertz CT molecular complexity index is 811. The van der Waals surface area contributed by atoms with E-state index in [1.54, 1.807) is 25.3 Å². The maximum atomic E-state index is 9.03. The molecule has 4 nitrogen and oxygen atoms in total. The Kier molecular flexibility index (Phi) is 6.58. The first-order chi connectivity index (χ1) is 11.5. The summed E-state index contributed by atoms with van der Waals surface area (Å²) in [6.07, 6.45) is 1.62. The Morgan fingerprint density at radius 3 is 2.54 bits per heavy atom. The molecule has 0 aliphatic rings. The lowest BCUT2D eigenvalue weighted by Crippen LogP contribution is -2.09. The number of rotatable bonds is 6. The molecule has 2 aromatic rings. The van der Waals surface area contributed by atoms with Gasteiger partial charge in [-0.1, -0.05) is 30.4 Å². The number of nitrogens with two attached hydrogens (primary N) is 1. The number of nitriles is 1. The normalized spacial score (nSPS) is 10.8. The van der Waals surface area contributed by atoms with Crippen molar-refractivity contribution in [1.29, 1.82) is 5.26 Å². The molecule has 2 rings (SSSR count). The highest BCUT2D eigenvalue weighted by molar-refractivity contribution is 14.1. The minimum atomic E-state index is 0.0653. The van der Waals surface area contributed by atoms with Gasteiger partial charge < -0.3 is 15.2 Å². The topological polar surface area (TPSA) is 68.3 Å². The van der Waals surface area contributed by atoms with Gasteiger partial charge in [-0.15, -0.1) is 0 Å². The summed E-state index contributed by atoms with van der Waals surface area (Å²) < 4.78 is 12.4. The number of halogens is 1. The summed E-state index contributed by atoms with van der Waals surface area (Å²) in [6.45, 7) is 0.443. The van der Waals surface area contributed by atoms with Gasteiger partial charge in [-0.2, -0.15) is 5.26 Å². The van der Waals surface area contributed by atoms with Gasteiger partial charge in [-0.25, -0.2) is 0 Å². The molecule has 0 atom stereocenters. The second-order valence-corrected chi connectivity index (χ2v) is 6.54. The Morgan fingerprint density at radius 1 is 1.25 bits per heavy atom. The molecule has 122 valence electrons. The predicted molar refractivity (Wildman–Crippen MR) is 107 cm³/mol. The summed E-state index contributed by atoms with van der Waals surface area (Å²) >= 11 is 7.10. The average Bonchev–Trinajstić information content (AvgIpc) is 2.59. The lowest BCUT2D eigenvalue weighted by molar-refractivity contribution is 0.284. The number of nitrogens with zero attached hydrogens (tertiary/aromatic N) is 1. The number of thiocarbonyl (C=S) groups is 1. The van der Waals surface area contributed by atoms with E-state index in [0.717, 1.165) is 11.1 Å². The molecule has 0 fully saturated rings. The summed E-state index contributed by atoms with van der Waals surface area (Å²) in [7, 11) is 1.57. The van der Waals surface area contributed by atoms with E-state index in [0.29, 0.717) is 18.1 Å². The van der Waals surface area contributed by atoms with Crippen molar-refractivity contribution in [3.05, 3.63) is 62.7 Å². The molecule has 2 aromatic carbocycles. The predicted octanol–water partition coefficient (Wildman–Crippen LogP) is 4.07. The molecule has 0 saturated heterocycles. The zero-order valence-electron chi connectivity index (χ0n) is 13.0. The number of ether oxygens (including phenoxy) is 2. The third kappa shape index (κ3) is 4.94. The number of hydrogen-bond acceptors (Lipinski definition) is 4. The largest absolute Gasteiger partial charge is 0.493 e. The molecule has 0 bridgehead atoms. The molecule has 0 aliphatic carbocycles. The van der Waals surface area contributed by atoms with E-state index in [1.807, 2.05) is 36.4 Å². The van der Waals surface area contributed by atoms with Crippen LogP contribution in [0.1, 0.15) is 11.1 Å². The first-order valence-corrected chi connectivity index (χ1v) is 8.49. The lowest BCUT2D eigenvalue weighted by Gasteiger charge is -2.11. The number of benzene rings is 2. The van der Waals surface area contributed by atoms with Crippen molar-refractivity contribution in [2.45, 2.75) is 6.61 Å². The second-order valence-electron chi connectivity index (χ2n) is 4.86. The van der Waals surface area contributed by atoms with Gasteiger partial charge in [-0.3, -0.25) is 0 Å². The zero-order chi connectivity index (χ0) is 17.5. The van der Waals surface area contributed by atoms with Crippen LogP contribution in [0.15, 0.2) is 48.0 Å². The molecule has 24 heavy (non-hydrogen) atoms. The van der Waals surface area contributed by atoms with Crippen LogP contribution in [0.2, 0.25) is 0 Å². The Labute approximate surface area is 160 Å². The summed E-state index contributed by atoms with van der Waals surface area (Å²) in [5.41, 5.74) is 7.58. The van der Waals surface area contributed by atoms with Gasteiger partial charge in [0.2, 0.25) is 0 Å². The van der Waals surface area contributed by atoms with Crippen LogP contribution in [-0.2, 0) is 6.61 Å². The van der Waals surface area contributed by atoms with E-state index in [1.165, 1.54) is 3.57 Å². The molecule has 0 unspecified atom stereocenters. The third-order valence-corrected chi connectivity index (χ3v) is 4.13. The summed E-state index contributed by atoms with van der Waals surface area (Å²) in [6, 6.07) is 15.5. The quantitative estimate of drug-likeness (QED) is 0.311. The van der Waals surface area contributed by atoms with Gasteiger partial charge in [-0.05, 0) is 64.1 Å². The molecule has 0 spiro atoms. The summed E-state index contributed by atoms with van der Waals surface area (Å²) in [4.78, 5) is 0.0653. The number of methoxy groups -OCH3 is 1. The average molecular weight is 450 g/mol. The molecule has 0 saturated carbocycles. The van der Waals surface area contributed by atoms with Gasteiger partial charge in [0, 0.05) is 3.57 Å². The second kappa shape index (κ2) is 8.66. The van der Waals surface area contributed by atoms with Gasteiger partial charge >= 0.3 is 0 Å². The van der Waals surface area contributed by atoms with Crippen molar-refractivity contribution in [2.24, 2.45) is 5.73 Å². The van der Waals surface area contributed by atoms with Crippen LogP contribution in [0.3, 0.4) is 0 Å². The maximum absolute atomic E-state index is 9.03. The van der Waals surface area contributed by atoms with E-state index >= 15 is 0 Å². The molecule has 0 aromatic heterocycles. The van der Waals surface area contributed by atoms with Crippen LogP contribution in [0.4, 0.5) is 0 Å². The molecule has 0 aliphatic heterocycles.